The van der Waals surface area contributed by atoms with Crippen molar-refractivity contribution < 1.29 is 13.6 Å². The molecular weight excluding hydrogens is 384 g/mol. The molecule has 2 nitrogen and oxygen atoms in total. The molecule has 1 amide bonds. The third kappa shape index (κ3) is 3.19. The highest BCUT2D eigenvalue weighted by Gasteiger charge is 2.16. The lowest BCUT2D eigenvalue weighted by atomic mass is 10.2. The lowest BCUT2D eigenvalue weighted by molar-refractivity contribution is 0.102. The first-order valence-corrected chi connectivity index (χ1v) is 6.78. The van der Waals surface area contributed by atoms with Crippen LogP contribution in [-0.4, -0.2) is 5.91 Å². The molecule has 0 atom stereocenters. The zero-order valence-corrected chi connectivity index (χ0v) is 12.6. The number of carbonyl (C=O) groups excluding carboxylic acids is 1. The first-order valence-electron chi connectivity index (χ1n) is 5.19. The van der Waals surface area contributed by atoms with E-state index in [4.69, 9.17) is 0 Å². The molecule has 0 radical (unpaired) electrons. The van der Waals surface area contributed by atoms with Crippen LogP contribution < -0.4 is 5.32 Å². The van der Waals surface area contributed by atoms with E-state index in [0.29, 0.717) is 8.95 Å². The summed E-state index contributed by atoms with van der Waals surface area (Å²) in [5.41, 5.74) is -0.184. The fraction of sp³-hybridized carbons (Fsp3) is 0. The van der Waals surface area contributed by atoms with Crippen molar-refractivity contribution in [3.63, 3.8) is 0 Å². The second-order valence-electron chi connectivity index (χ2n) is 3.67. The van der Waals surface area contributed by atoms with Crippen LogP contribution in [0.1, 0.15) is 10.4 Å². The van der Waals surface area contributed by atoms with Gasteiger partial charge in [-0.3, -0.25) is 4.79 Å². The zero-order chi connectivity index (χ0) is 14.0. The topological polar surface area (TPSA) is 29.1 Å². The van der Waals surface area contributed by atoms with E-state index in [9.17, 15) is 13.6 Å². The van der Waals surface area contributed by atoms with Crippen LogP contribution in [0.15, 0.2) is 45.3 Å². The summed E-state index contributed by atoms with van der Waals surface area (Å²) in [5, 5.41) is 2.34. The summed E-state index contributed by atoms with van der Waals surface area (Å²) in [4.78, 5) is 12.0. The molecule has 0 aliphatic rings. The van der Waals surface area contributed by atoms with Crippen molar-refractivity contribution in [2.24, 2.45) is 0 Å². The summed E-state index contributed by atoms with van der Waals surface area (Å²) in [7, 11) is 0. The third-order valence-electron chi connectivity index (χ3n) is 2.37. The van der Waals surface area contributed by atoms with Gasteiger partial charge in [-0.25, -0.2) is 8.78 Å². The maximum atomic E-state index is 13.6. The highest BCUT2D eigenvalue weighted by molar-refractivity contribution is 9.10. The Hall–Kier alpha value is -1.27. The smallest absolute Gasteiger partial charge is 0.259 e. The van der Waals surface area contributed by atoms with E-state index in [-0.39, 0.29) is 11.3 Å². The molecule has 19 heavy (non-hydrogen) atoms. The molecule has 0 heterocycles. The van der Waals surface area contributed by atoms with Gasteiger partial charge in [0, 0.05) is 8.95 Å². The maximum Gasteiger partial charge on any atom is 0.259 e. The molecule has 1 N–H and O–H groups in total. The van der Waals surface area contributed by atoms with Crippen molar-refractivity contribution in [1.82, 2.24) is 0 Å². The number of anilines is 1. The van der Waals surface area contributed by atoms with Crippen LogP contribution in [0.4, 0.5) is 14.5 Å². The van der Waals surface area contributed by atoms with Gasteiger partial charge in [-0.1, -0.05) is 22.0 Å². The monoisotopic (exact) mass is 389 g/mol. The van der Waals surface area contributed by atoms with Gasteiger partial charge in [0.15, 0.2) is 0 Å². The minimum Gasteiger partial charge on any atom is -0.319 e. The van der Waals surface area contributed by atoms with Crippen LogP contribution in [-0.2, 0) is 0 Å². The molecule has 2 aromatic rings. The quantitative estimate of drug-likeness (QED) is 0.788. The summed E-state index contributed by atoms with van der Waals surface area (Å²) in [6.45, 7) is 0. The van der Waals surface area contributed by atoms with Gasteiger partial charge in [0.05, 0.1) is 11.3 Å². The Morgan fingerprint density at radius 1 is 1.05 bits per heavy atom. The van der Waals surface area contributed by atoms with E-state index >= 15 is 0 Å². The van der Waals surface area contributed by atoms with E-state index < -0.39 is 17.5 Å². The fourth-order valence-electron chi connectivity index (χ4n) is 1.49. The molecule has 0 aliphatic heterocycles. The average Bonchev–Trinajstić information content (AvgIpc) is 2.33. The Morgan fingerprint density at radius 3 is 2.47 bits per heavy atom. The van der Waals surface area contributed by atoms with Gasteiger partial charge >= 0.3 is 0 Å². The van der Waals surface area contributed by atoms with Crippen molar-refractivity contribution in [2.45, 2.75) is 0 Å². The standard InChI is InChI=1S/C13H7Br2F2NO/c14-7-4-5-9(16)11(6-7)18-13(19)12-8(15)2-1-3-10(12)17/h1-6H,(H,18,19). The Bertz CT molecular complexity index is 626. The summed E-state index contributed by atoms with van der Waals surface area (Å²) in [6, 6.07) is 8.28. The Balaban J connectivity index is 2.34. The molecule has 0 unspecified atom stereocenters. The number of carbonyl (C=O) groups is 1. The summed E-state index contributed by atoms with van der Waals surface area (Å²) in [5.74, 6) is -1.99. The minimum absolute atomic E-state index is 0.0190. The maximum absolute atomic E-state index is 13.6. The normalized spacial score (nSPS) is 10.3. The summed E-state index contributed by atoms with van der Waals surface area (Å²) in [6.07, 6.45) is 0. The van der Waals surface area contributed by atoms with Crippen molar-refractivity contribution in [3.8, 4) is 0 Å². The van der Waals surface area contributed by atoms with Gasteiger partial charge in [0.2, 0.25) is 0 Å². The zero-order valence-electron chi connectivity index (χ0n) is 9.38. The molecule has 0 aromatic heterocycles. The van der Waals surface area contributed by atoms with Crippen molar-refractivity contribution in [3.05, 3.63) is 62.5 Å². The molecule has 2 rings (SSSR count). The van der Waals surface area contributed by atoms with Crippen LogP contribution in [0.25, 0.3) is 0 Å². The highest BCUT2D eigenvalue weighted by Crippen LogP contribution is 2.24. The predicted octanol–water partition coefficient (Wildman–Crippen LogP) is 4.74. The first-order chi connectivity index (χ1) is 8.99. The summed E-state index contributed by atoms with van der Waals surface area (Å²) >= 11 is 6.26. The van der Waals surface area contributed by atoms with Crippen LogP contribution in [0.3, 0.4) is 0 Å². The SMILES string of the molecule is O=C(Nc1cc(Br)ccc1F)c1c(F)cccc1Br. The second-order valence-corrected chi connectivity index (χ2v) is 5.44. The molecule has 0 fully saturated rings. The Morgan fingerprint density at radius 2 is 1.79 bits per heavy atom. The minimum atomic E-state index is -0.720. The van der Waals surface area contributed by atoms with Crippen LogP contribution in [0.2, 0.25) is 0 Å². The van der Waals surface area contributed by atoms with E-state index in [0.717, 1.165) is 6.07 Å². The van der Waals surface area contributed by atoms with E-state index in [1.54, 1.807) is 0 Å². The number of rotatable bonds is 2. The average molecular weight is 391 g/mol. The van der Waals surface area contributed by atoms with Gasteiger partial charge in [-0.2, -0.15) is 0 Å². The molecule has 0 spiro atoms. The Labute approximate surface area is 125 Å². The number of hydrogen-bond acceptors (Lipinski definition) is 1. The number of benzene rings is 2. The lowest BCUT2D eigenvalue weighted by Gasteiger charge is -2.09. The number of nitrogens with one attached hydrogen (secondary N) is 1. The van der Waals surface area contributed by atoms with Crippen LogP contribution >= 0.6 is 31.9 Å². The molecule has 6 heteroatoms. The third-order valence-corrected chi connectivity index (χ3v) is 3.52. The molecule has 0 aliphatic carbocycles. The van der Waals surface area contributed by atoms with Crippen LogP contribution in [0.5, 0.6) is 0 Å². The number of halogens is 4. The largest absolute Gasteiger partial charge is 0.319 e. The molecule has 0 bridgehead atoms. The van der Waals surface area contributed by atoms with E-state index in [2.05, 4.69) is 37.2 Å². The van der Waals surface area contributed by atoms with Crippen molar-refractivity contribution in [2.75, 3.05) is 5.32 Å². The van der Waals surface area contributed by atoms with Crippen molar-refractivity contribution in [1.29, 1.82) is 0 Å². The molecule has 98 valence electrons. The van der Waals surface area contributed by atoms with Crippen molar-refractivity contribution >= 4 is 43.5 Å². The van der Waals surface area contributed by atoms with Gasteiger partial charge in [-0.15, -0.1) is 0 Å². The summed E-state index contributed by atoms with van der Waals surface area (Å²) < 4.78 is 28.0. The number of amides is 1. The van der Waals surface area contributed by atoms with Crippen LogP contribution in [0, 0.1) is 11.6 Å². The Kier molecular flexibility index (Phi) is 4.31. The molecule has 0 saturated heterocycles. The van der Waals surface area contributed by atoms with Gasteiger partial charge in [-0.05, 0) is 46.3 Å². The predicted molar refractivity (Wildman–Crippen MR) is 76.2 cm³/mol. The second kappa shape index (κ2) is 5.79. The highest BCUT2D eigenvalue weighted by atomic mass is 79.9. The number of hydrogen-bond donors (Lipinski definition) is 1. The van der Waals surface area contributed by atoms with E-state index in [1.807, 2.05) is 0 Å². The van der Waals surface area contributed by atoms with Gasteiger partial charge in [0.25, 0.3) is 5.91 Å². The molecule has 0 saturated carbocycles. The van der Waals surface area contributed by atoms with E-state index in [1.165, 1.54) is 30.3 Å². The van der Waals surface area contributed by atoms with Gasteiger partial charge in [0.1, 0.15) is 11.6 Å². The molecule has 2 aromatic carbocycles. The lowest BCUT2D eigenvalue weighted by Crippen LogP contribution is -2.15. The first kappa shape index (κ1) is 14.1. The molecular formula is C13H7Br2F2NO. The fourth-order valence-corrected chi connectivity index (χ4v) is 2.38. The van der Waals surface area contributed by atoms with Gasteiger partial charge < -0.3 is 5.32 Å².